The van der Waals surface area contributed by atoms with Gasteiger partial charge in [0.25, 0.3) is 0 Å². The molecule has 1 saturated carbocycles. The zero-order valence-corrected chi connectivity index (χ0v) is 14.0. The lowest BCUT2D eigenvalue weighted by atomic mass is 9.84. The van der Waals surface area contributed by atoms with Crippen LogP contribution in [0.1, 0.15) is 63.8 Å². The van der Waals surface area contributed by atoms with Crippen LogP contribution in [0, 0.1) is 12.8 Å². The van der Waals surface area contributed by atoms with Crippen LogP contribution in [0.2, 0.25) is 0 Å². The lowest BCUT2D eigenvalue weighted by molar-refractivity contribution is 0.329. The predicted octanol–water partition coefficient (Wildman–Crippen LogP) is 4.16. The van der Waals surface area contributed by atoms with Gasteiger partial charge in [0.2, 0.25) is 0 Å². The van der Waals surface area contributed by atoms with Gasteiger partial charge in [-0.15, -0.1) is 0 Å². The smallest absolute Gasteiger partial charge is 0.134 e. The minimum absolute atomic E-state index is 0.570. The second-order valence-electron chi connectivity index (χ2n) is 6.23. The van der Waals surface area contributed by atoms with E-state index in [1.54, 1.807) is 0 Å². The van der Waals surface area contributed by atoms with Crippen molar-refractivity contribution in [3.8, 4) is 0 Å². The van der Waals surface area contributed by atoms with Crippen molar-refractivity contribution < 1.29 is 0 Å². The first-order chi connectivity index (χ1) is 10.2. The quantitative estimate of drug-likeness (QED) is 0.826. The van der Waals surface area contributed by atoms with Crippen molar-refractivity contribution in [1.29, 1.82) is 0 Å². The first-order valence-corrected chi connectivity index (χ1v) is 8.49. The van der Waals surface area contributed by atoms with Gasteiger partial charge in [-0.2, -0.15) is 0 Å². The molecule has 0 amide bonds. The largest absolute Gasteiger partial charge is 0.373 e. The molecule has 1 aromatic rings. The second-order valence-corrected chi connectivity index (χ2v) is 6.23. The molecule has 1 fully saturated rings. The van der Waals surface area contributed by atoms with Crippen molar-refractivity contribution in [2.75, 3.05) is 17.7 Å². The molecule has 0 radical (unpaired) electrons. The molecule has 1 aromatic heterocycles. The topological polar surface area (TPSA) is 49.8 Å². The van der Waals surface area contributed by atoms with Crippen LogP contribution in [0.4, 0.5) is 11.6 Å². The van der Waals surface area contributed by atoms with E-state index in [0.29, 0.717) is 6.04 Å². The fourth-order valence-corrected chi connectivity index (χ4v) is 3.19. The van der Waals surface area contributed by atoms with E-state index in [4.69, 9.17) is 4.98 Å². The Labute approximate surface area is 129 Å². The van der Waals surface area contributed by atoms with E-state index >= 15 is 0 Å². The number of aryl methyl sites for hydroxylation is 1. The maximum atomic E-state index is 4.74. The molecule has 0 aliphatic heterocycles. The highest BCUT2D eigenvalue weighted by molar-refractivity contribution is 5.57. The lowest BCUT2D eigenvalue weighted by Gasteiger charge is -2.29. The summed E-state index contributed by atoms with van der Waals surface area (Å²) in [6, 6.07) is 0.570. The molecule has 1 heterocycles. The molecule has 0 bridgehead atoms. The summed E-state index contributed by atoms with van der Waals surface area (Å²) >= 11 is 0. The van der Waals surface area contributed by atoms with Gasteiger partial charge in [-0.05, 0) is 44.9 Å². The fourth-order valence-electron chi connectivity index (χ4n) is 3.19. The van der Waals surface area contributed by atoms with Crippen LogP contribution in [0.3, 0.4) is 0 Å². The average Bonchev–Trinajstić information content (AvgIpc) is 2.51. The first-order valence-electron chi connectivity index (χ1n) is 8.49. The third-order valence-corrected chi connectivity index (χ3v) is 4.67. The van der Waals surface area contributed by atoms with Crippen molar-refractivity contribution in [2.24, 2.45) is 5.92 Å². The van der Waals surface area contributed by atoms with Crippen molar-refractivity contribution in [2.45, 2.75) is 71.8 Å². The molecule has 0 aromatic carbocycles. The van der Waals surface area contributed by atoms with E-state index in [0.717, 1.165) is 41.8 Å². The number of hydrogen-bond acceptors (Lipinski definition) is 4. The molecule has 0 unspecified atom stereocenters. The van der Waals surface area contributed by atoms with Crippen molar-refractivity contribution in [1.82, 2.24) is 9.97 Å². The van der Waals surface area contributed by atoms with Crippen molar-refractivity contribution in [3.63, 3.8) is 0 Å². The highest BCUT2D eigenvalue weighted by Gasteiger charge is 2.21. The van der Waals surface area contributed by atoms with Gasteiger partial charge in [0.1, 0.15) is 17.5 Å². The summed E-state index contributed by atoms with van der Waals surface area (Å²) in [5.41, 5.74) is 1.13. The van der Waals surface area contributed by atoms with Crippen LogP contribution in [-0.4, -0.2) is 23.1 Å². The molecular weight excluding hydrogens is 260 g/mol. The molecule has 0 saturated heterocycles. The van der Waals surface area contributed by atoms with E-state index in [1.807, 2.05) is 7.05 Å². The van der Waals surface area contributed by atoms with Crippen LogP contribution in [0.5, 0.6) is 0 Å². The molecule has 2 N–H and O–H groups in total. The van der Waals surface area contributed by atoms with Crippen molar-refractivity contribution >= 4 is 11.6 Å². The lowest BCUT2D eigenvalue weighted by Crippen LogP contribution is -2.27. The van der Waals surface area contributed by atoms with E-state index in [1.165, 1.54) is 32.1 Å². The van der Waals surface area contributed by atoms with Gasteiger partial charge < -0.3 is 10.6 Å². The highest BCUT2D eigenvalue weighted by Crippen LogP contribution is 2.29. The minimum Gasteiger partial charge on any atom is -0.373 e. The van der Waals surface area contributed by atoms with E-state index in [9.17, 15) is 0 Å². The van der Waals surface area contributed by atoms with E-state index in [-0.39, 0.29) is 0 Å². The van der Waals surface area contributed by atoms with Gasteiger partial charge in [0, 0.05) is 25.1 Å². The molecule has 1 aliphatic carbocycles. The number of rotatable bonds is 6. The average molecular weight is 290 g/mol. The molecule has 0 atom stereocenters. The maximum Gasteiger partial charge on any atom is 0.134 e. The van der Waals surface area contributed by atoms with Crippen LogP contribution in [-0.2, 0) is 6.42 Å². The predicted molar refractivity (Wildman–Crippen MR) is 90.0 cm³/mol. The molecule has 21 heavy (non-hydrogen) atoms. The number of nitrogens with zero attached hydrogens (tertiary/aromatic N) is 2. The van der Waals surface area contributed by atoms with Gasteiger partial charge in [-0.25, -0.2) is 9.97 Å². The Bertz CT molecular complexity index is 450. The first kappa shape index (κ1) is 16.1. The summed E-state index contributed by atoms with van der Waals surface area (Å²) in [5.74, 6) is 3.85. The Hall–Kier alpha value is -1.32. The zero-order chi connectivity index (χ0) is 15.2. The SMILES string of the molecule is CCCc1nc(NC)c(C)c(NC2CCC(CC)CC2)n1. The summed E-state index contributed by atoms with van der Waals surface area (Å²) in [6.45, 7) is 6.58. The van der Waals surface area contributed by atoms with Gasteiger partial charge in [0.15, 0.2) is 0 Å². The maximum absolute atomic E-state index is 4.74. The fraction of sp³-hybridized carbons (Fsp3) is 0.765. The Morgan fingerprint density at radius 2 is 1.71 bits per heavy atom. The Morgan fingerprint density at radius 3 is 2.29 bits per heavy atom. The second kappa shape index (κ2) is 7.62. The molecule has 1 aliphatic rings. The summed E-state index contributed by atoms with van der Waals surface area (Å²) in [6.07, 6.45) is 8.56. The molecule has 2 rings (SSSR count). The Kier molecular flexibility index (Phi) is 5.83. The normalized spacial score (nSPS) is 22.1. The van der Waals surface area contributed by atoms with E-state index in [2.05, 4.69) is 36.4 Å². The van der Waals surface area contributed by atoms with Gasteiger partial charge in [0.05, 0.1) is 0 Å². The molecule has 118 valence electrons. The zero-order valence-electron chi connectivity index (χ0n) is 14.0. The molecule has 4 nitrogen and oxygen atoms in total. The number of nitrogens with one attached hydrogen (secondary N) is 2. The number of aromatic nitrogens is 2. The van der Waals surface area contributed by atoms with Crippen LogP contribution in [0.25, 0.3) is 0 Å². The highest BCUT2D eigenvalue weighted by atomic mass is 15.1. The van der Waals surface area contributed by atoms with Crippen LogP contribution < -0.4 is 10.6 Å². The number of hydrogen-bond donors (Lipinski definition) is 2. The van der Waals surface area contributed by atoms with Crippen LogP contribution in [0.15, 0.2) is 0 Å². The Balaban J connectivity index is 2.09. The molecular formula is C17H30N4. The Morgan fingerprint density at radius 1 is 1.05 bits per heavy atom. The summed E-state index contributed by atoms with van der Waals surface area (Å²) in [4.78, 5) is 9.34. The number of anilines is 2. The van der Waals surface area contributed by atoms with Crippen LogP contribution >= 0.6 is 0 Å². The van der Waals surface area contributed by atoms with Crippen molar-refractivity contribution in [3.05, 3.63) is 11.4 Å². The summed E-state index contributed by atoms with van der Waals surface area (Å²) in [5, 5.41) is 6.87. The van der Waals surface area contributed by atoms with E-state index < -0.39 is 0 Å². The third-order valence-electron chi connectivity index (χ3n) is 4.67. The third kappa shape index (κ3) is 4.08. The summed E-state index contributed by atoms with van der Waals surface area (Å²) < 4.78 is 0. The van der Waals surface area contributed by atoms with Gasteiger partial charge in [-0.3, -0.25) is 0 Å². The standard InChI is InChI=1S/C17H30N4/c1-5-7-15-20-16(18-4)12(3)17(21-15)19-14-10-8-13(6-2)9-11-14/h13-14H,5-11H2,1-4H3,(H2,18,19,20,21). The summed E-state index contributed by atoms with van der Waals surface area (Å²) in [7, 11) is 1.93. The minimum atomic E-state index is 0.570. The molecule has 0 spiro atoms. The molecule has 4 heteroatoms. The van der Waals surface area contributed by atoms with Gasteiger partial charge in [-0.1, -0.05) is 20.3 Å². The van der Waals surface area contributed by atoms with Gasteiger partial charge >= 0.3 is 0 Å². The monoisotopic (exact) mass is 290 g/mol.